The normalized spacial score (nSPS) is 10.7. The summed E-state index contributed by atoms with van der Waals surface area (Å²) in [6, 6.07) is 4.83. The largest absolute Gasteiger partial charge is 0.507 e. The van der Waals surface area contributed by atoms with Crippen molar-refractivity contribution >= 4 is 17.8 Å². The summed E-state index contributed by atoms with van der Waals surface area (Å²) in [6.07, 6.45) is 1.56. The van der Waals surface area contributed by atoms with Crippen LogP contribution in [0.25, 0.3) is 0 Å². The van der Waals surface area contributed by atoms with E-state index in [0.717, 1.165) is 0 Å². The lowest BCUT2D eigenvalue weighted by Crippen LogP contribution is -2.01. The van der Waals surface area contributed by atoms with E-state index in [2.05, 4.69) is 5.10 Å². The second-order valence-corrected chi connectivity index (χ2v) is 3.23. The van der Waals surface area contributed by atoms with Gasteiger partial charge in [-0.3, -0.25) is 0 Å². The SMILES string of the molecule is CN(C)/N=C/c1cc(Cl)ccc1O. The van der Waals surface area contributed by atoms with Crippen LogP contribution in [0.3, 0.4) is 0 Å². The highest BCUT2D eigenvalue weighted by Crippen LogP contribution is 2.19. The average Bonchev–Trinajstić information content (AvgIpc) is 2.06. The number of phenolic OH excluding ortho intramolecular Hbond substituents is 1. The summed E-state index contributed by atoms with van der Waals surface area (Å²) >= 11 is 5.75. The Morgan fingerprint density at radius 1 is 1.46 bits per heavy atom. The molecule has 0 amide bonds. The maximum absolute atomic E-state index is 9.38. The first-order chi connectivity index (χ1) is 6.09. The molecule has 0 aromatic heterocycles. The van der Waals surface area contributed by atoms with Crippen LogP contribution in [0.15, 0.2) is 23.3 Å². The smallest absolute Gasteiger partial charge is 0.124 e. The van der Waals surface area contributed by atoms with E-state index in [1.807, 2.05) is 0 Å². The first-order valence-corrected chi connectivity index (χ1v) is 4.17. The molecule has 0 aliphatic heterocycles. The summed E-state index contributed by atoms with van der Waals surface area (Å²) in [5, 5.41) is 15.6. The number of hydrogen-bond donors (Lipinski definition) is 1. The van der Waals surface area contributed by atoms with Gasteiger partial charge in [0.2, 0.25) is 0 Å². The zero-order chi connectivity index (χ0) is 9.84. The predicted molar refractivity (Wildman–Crippen MR) is 54.4 cm³/mol. The minimum Gasteiger partial charge on any atom is -0.507 e. The van der Waals surface area contributed by atoms with Crippen molar-refractivity contribution in [2.75, 3.05) is 14.1 Å². The van der Waals surface area contributed by atoms with Crippen molar-refractivity contribution in [2.45, 2.75) is 0 Å². The van der Waals surface area contributed by atoms with E-state index < -0.39 is 0 Å². The second-order valence-electron chi connectivity index (χ2n) is 2.79. The summed E-state index contributed by atoms with van der Waals surface area (Å²) in [5.74, 6) is 0.176. The molecule has 4 heteroatoms. The molecule has 0 saturated carbocycles. The Labute approximate surface area is 82.2 Å². The van der Waals surface area contributed by atoms with Gasteiger partial charge in [-0.15, -0.1) is 0 Å². The summed E-state index contributed by atoms with van der Waals surface area (Å²) in [5.41, 5.74) is 0.612. The van der Waals surface area contributed by atoms with Crippen LogP contribution in [0.1, 0.15) is 5.56 Å². The Morgan fingerprint density at radius 2 is 2.15 bits per heavy atom. The lowest BCUT2D eigenvalue weighted by molar-refractivity contribution is 0.439. The van der Waals surface area contributed by atoms with Gasteiger partial charge in [-0.1, -0.05) is 11.6 Å². The molecule has 0 radical (unpaired) electrons. The fourth-order valence-corrected chi connectivity index (χ4v) is 0.987. The van der Waals surface area contributed by atoms with Gasteiger partial charge in [-0.05, 0) is 18.2 Å². The van der Waals surface area contributed by atoms with Gasteiger partial charge in [-0.2, -0.15) is 5.10 Å². The lowest BCUT2D eigenvalue weighted by Gasteiger charge is -2.03. The molecule has 0 heterocycles. The molecule has 1 N–H and O–H groups in total. The number of aromatic hydroxyl groups is 1. The molecule has 1 rings (SSSR count). The number of hydrazone groups is 1. The van der Waals surface area contributed by atoms with Gasteiger partial charge in [-0.25, -0.2) is 0 Å². The topological polar surface area (TPSA) is 35.8 Å². The molecule has 70 valence electrons. The number of benzene rings is 1. The number of rotatable bonds is 2. The van der Waals surface area contributed by atoms with E-state index in [1.54, 1.807) is 43.5 Å². The van der Waals surface area contributed by atoms with Gasteiger partial charge in [0.05, 0.1) is 6.21 Å². The van der Waals surface area contributed by atoms with Crippen molar-refractivity contribution in [3.63, 3.8) is 0 Å². The van der Waals surface area contributed by atoms with Gasteiger partial charge in [0.1, 0.15) is 5.75 Å². The van der Waals surface area contributed by atoms with Gasteiger partial charge in [0.15, 0.2) is 0 Å². The number of nitrogens with zero attached hydrogens (tertiary/aromatic N) is 2. The number of halogens is 1. The van der Waals surface area contributed by atoms with E-state index >= 15 is 0 Å². The molecular weight excluding hydrogens is 188 g/mol. The molecule has 1 aromatic rings. The Bertz CT molecular complexity index is 323. The fourth-order valence-electron chi connectivity index (χ4n) is 0.806. The van der Waals surface area contributed by atoms with Crippen molar-refractivity contribution in [3.05, 3.63) is 28.8 Å². The molecule has 0 bridgehead atoms. The Balaban J connectivity index is 2.93. The van der Waals surface area contributed by atoms with Crippen molar-refractivity contribution < 1.29 is 5.11 Å². The quantitative estimate of drug-likeness (QED) is 0.583. The van der Waals surface area contributed by atoms with E-state index in [1.165, 1.54) is 0 Å². The van der Waals surface area contributed by atoms with Crippen LogP contribution >= 0.6 is 11.6 Å². The Hall–Kier alpha value is -1.22. The van der Waals surface area contributed by atoms with Crippen LogP contribution in [-0.4, -0.2) is 30.4 Å². The summed E-state index contributed by atoms with van der Waals surface area (Å²) in [7, 11) is 3.61. The Kier molecular flexibility index (Phi) is 3.14. The number of hydrogen-bond acceptors (Lipinski definition) is 3. The van der Waals surface area contributed by atoms with Crippen molar-refractivity contribution in [1.82, 2.24) is 5.01 Å². The zero-order valence-corrected chi connectivity index (χ0v) is 8.28. The first-order valence-electron chi connectivity index (χ1n) is 3.79. The van der Waals surface area contributed by atoms with Crippen molar-refractivity contribution in [2.24, 2.45) is 5.10 Å². The monoisotopic (exact) mass is 198 g/mol. The minimum absolute atomic E-state index is 0.176. The van der Waals surface area contributed by atoms with E-state index in [4.69, 9.17) is 11.6 Å². The van der Waals surface area contributed by atoms with E-state index in [0.29, 0.717) is 10.6 Å². The van der Waals surface area contributed by atoms with E-state index in [9.17, 15) is 5.11 Å². The minimum atomic E-state index is 0.176. The van der Waals surface area contributed by atoms with Crippen molar-refractivity contribution in [3.8, 4) is 5.75 Å². The lowest BCUT2D eigenvalue weighted by atomic mass is 10.2. The third-order valence-electron chi connectivity index (χ3n) is 1.42. The zero-order valence-electron chi connectivity index (χ0n) is 7.53. The van der Waals surface area contributed by atoms with Crippen LogP contribution < -0.4 is 0 Å². The summed E-state index contributed by atoms with van der Waals surface area (Å²) in [6.45, 7) is 0. The maximum Gasteiger partial charge on any atom is 0.124 e. The summed E-state index contributed by atoms with van der Waals surface area (Å²) in [4.78, 5) is 0. The van der Waals surface area contributed by atoms with E-state index in [-0.39, 0.29) is 5.75 Å². The molecule has 1 aromatic carbocycles. The van der Waals surface area contributed by atoms with Gasteiger partial charge >= 0.3 is 0 Å². The van der Waals surface area contributed by atoms with Crippen LogP contribution in [-0.2, 0) is 0 Å². The highest BCUT2D eigenvalue weighted by Gasteiger charge is 1.98. The molecule has 13 heavy (non-hydrogen) atoms. The third kappa shape index (κ3) is 2.95. The highest BCUT2D eigenvalue weighted by atomic mass is 35.5. The third-order valence-corrected chi connectivity index (χ3v) is 1.65. The Morgan fingerprint density at radius 3 is 2.77 bits per heavy atom. The maximum atomic E-state index is 9.38. The molecule has 0 aliphatic rings. The van der Waals surface area contributed by atoms with Crippen LogP contribution in [0.4, 0.5) is 0 Å². The van der Waals surface area contributed by atoms with Crippen LogP contribution in [0.5, 0.6) is 5.75 Å². The molecule has 0 spiro atoms. The molecule has 0 atom stereocenters. The number of phenols is 1. The molecule has 0 aliphatic carbocycles. The molecule has 0 saturated heterocycles. The molecule has 3 nitrogen and oxygen atoms in total. The first kappa shape index (κ1) is 9.86. The van der Waals surface area contributed by atoms with Gasteiger partial charge in [0, 0.05) is 24.7 Å². The summed E-state index contributed by atoms with van der Waals surface area (Å²) < 4.78 is 0. The fraction of sp³-hybridized carbons (Fsp3) is 0.222. The second kappa shape index (κ2) is 4.14. The average molecular weight is 199 g/mol. The van der Waals surface area contributed by atoms with Gasteiger partial charge < -0.3 is 10.1 Å². The standard InChI is InChI=1S/C9H11ClN2O/c1-12(2)11-6-7-5-8(10)3-4-9(7)13/h3-6,13H,1-2H3/b11-6+. The predicted octanol–water partition coefficient (Wildman–Crippen LogP) is 1.94. The molecular formula is C9H11ClN2O. The highest BCUT2D eigenvalue weighted by molar-refractivity contribution is 6.30. The molecule has 0 fully saturated rings. The van der Waals surface area contributed by atoms with Gasteiger partial charge in [0.25, 0.3) is 0 Å². The van der Waals surface area contributed by atoms with Crippen LogP contribution in [0, 0.1) is 0 Å². The van der Waals surface area contributed by atoms with Crippen LogP contribution in [0.2, 0.25) is 5.02 Å². The van der Waals surface area contributed by atoms with Crippen molar-refractivity contribution in [1.29, 1.82) is 0 Å². The molecule has 0 unspecified atom stereocenters.